The van der Waals surface area contributed by atoms with Gasteiger partial charge in [-0.2, -0.15) is 5.10 Å². The van der Waals surface area contributed by atoms with E-state index in [1.807, 2.05) is 19.2 Å². The SMILES string of the molecule is CC(=O)NCCc1ccc(C(=O)CSc2ncnc3c2cnn3C)s1. The van der Waals surface area contributed by atoms with Crippen LogP contribution in [0.3, 0.4) is 0 Å². The number of aromatic nitrogens is 4. The van der Waals surface area contributed by atoms with E-state index in [4.69, 9.17) is 0 Å². The number of thioether (sulfide) groups is 1. The Kier molecular flexibility index (Phi) is 5.44. The van der Waals surface area contributed by atoms with Crippen LogP contribution in [0.15, 0.2) is 29.7 Å². The molecule has 9 heteroatoms. The van der Waals surface area contributed by atoms with Crippen LogP contribution >= 0.6 is 23.1 Å². The second kappa shape index (κ2) is 7.75. The Labute approximate surface area is 152 Å². The van der Waals surface area contributed by atoms with Crippen molar-refractivity contribution in [2.75, 3.05) is 12.3 Å². The van der Waals surface area contributed by atoms with Crippen LogP contribution in [0, 0.1) is 0 Å². The minimum Gasteiger partial charge on any atom is -0.356 e. The molecule has 0 saturated carbocycles. The fraction of sp³-hybridized carbons (Fsp3) is 0.312. The van der Waals surface area contributed by atoms with E-state index in [2.05, 4.69) is 20.4 Å². The van der Waals surface area contributed by atoms with Crippen LogP contribution in [0.2, 0.25) is 0 Å². The number of hydrogen-bond acceptors (Lipinski definition) is 7. The first-order valence-corrected chi connectivity index (χ1v) is 9.46. The highest BCUT2D eigenvalue weighted by Crippen LogP contribution is 2.26. The molecule has 3 rings (SSSR count). The van der Waals surface area contributed by atoms with Gasteiger partial charge < -0.3 is 5.32 Å². The number of Topliss-reactive ketones (excluding diaryl/α,β-unsaturated/α-hetero) is 1. The van der Waals surface area contributed by atoms with Crippen molar-refractivity contribution >= 4 is 45.8 Å². The van der Waals surface area contributed by atoms with Crippen LogP contribution in [0.25, 0.3) is 11.0 Å². The van der Waals surface area contributed by atoms with Crippen molar-refractivity contribution in [3.63, 3.8) is 0 Å². The van der Waals surface area contributed by atoms with Gasteiger partial charge in [-0.15, -0.1) is 11.3 Å². The third-order valence-electron chi connectivity index (χ3n) is 3.51. The van der Waals surface area contributed by atoms with Crippen molar-refractivity contribution in [3.8, 4) is 0 Å². The lowest BCUT2D eigenvalue weighted by atomic mass is 10.3. The van der Waals surface area contributed by atoms with E-state index in [-0.39, 0.29) is 11.7 Å². The second-order valence-electron chi connectivity index (χ2n) is 5.40. The first-order valence-electron chi connectivity index (χ1n) is 7.66. The van der Waals surface area contributed by atoms with Gasteiger partial charge in [-0.1, -0.05) is 11.8 Å². The Hall–Kier alpha value is -2.26. The normalized spacial score (nSPS) is 11.0. The highest BCUT2D eigenvalue weighted by molar-refractivity contribution is 8.00. The van der Waals surface area contributed by atoms with Gasteiger partial charge >= 0.3 is 0 Å². The molecule has 0 radical (unpaired) electrons. The van der Waals surface area contributed by atoms with Gasteiger partial charge in [0.2, 0.25) is 5.91 Å². The first kappa shape index (κ1) is 17.6. The number of aryl methyl sites for hydroxylation is 1. The summed E-state index contributed by atoms with van der Waals surface area (Å²) in [6, 6.07) is 3.78. The molecule has 25 heavy (non-hydrogen) atoms. The summed E-state index contributed by atoms with van der Waals surface area (Å²) in [7, 11) is 1.82. The summed E-state index contributed by atoms with van der Waals surface area (Å²) in [6.45, 7) is 2.07. The molecule has 0 saturated heterocycles. The summed E-state index contributed by atoms with van der Waals surface area (Å²) >= 11 is 2.87. The molecule has 7 nitrogen and oxygen atoms in total. The topological polar surface area (TPSA) is 89.8 Å². The molecular weight excluding hydrogens is 358 g/mol. The lowest BCUT2D eigenvalue weighted by Crippen LogP contribution is -2.22. The van der Waals surface area contributed by atoms with Crippen LogP contribution in [-0.2, 0) is 18.3 Å². The molecule has 3 aromatic rings. The summed E-state index contributed by atoms with van der Waals surface area (Å²) in [4.78, 5) is 33.5. The van der Waals surface area contributed by atoms with Gasteiger partial charge in [-0.05, 0) is 18.6 Å². The van der Waals surface area contributed by atoms with Gasteiger partial charge in [-0.3, -0.25) is 14.3 Å². The Bertz CT molecular complexity index is 918. The van der Waals surface area contributed by atoms with E-state index >= 15 is 0 Å². The third-order valence-corrected chi connectivity index (χ3v) is 5.71. The largest absolute Gasteiger partial charge is 0.356 e. The maximum absolute atomic E-state index is 12.4. The van der Waals surface area contributed by atoms with Gasteiger partial charge in [0, 0.05) is 25.4 Å². The molecule has 0 atom stereocenters. The lowest BCUT2D eigenvalue weighted by Gasteiger charge is -2.01. The molecular formula is C16H17N5O2S2. The molecule has 0 aliphatic carbocycles. The number of amides is 1. The number of ketones is 1. The maximum atomic E-state index is 12.4. The van der Waals surface area contributed by atoms with Gasteiger partial charge in [0.15, 0.2) is 11.4 Å². The molecule has 3 aromatic heterocycles. The number of carbonyl (C=O) groups is 2. The van der Waals surface area contributed by atoms with Crippen molar-refractivity contribution in [3.05, 3.63) is 34.4 Å². The van der Waals surface area contributed by atoms with E-state index in [0.29, 0.717) is 12.3 Å². The average Bonchev–Trinajstić information content (AvgIpc) is 3.20. The van der Waals surface area contributed by atoms with Crippen molar-refractivity contribution in [1.82, 2.24) is 25.1 Å². The number of rotatable bonds is 7. The van der Waals surface area contributed by atoms with Crippen molar-refractivity contribution in [1.29, 1.82) is 0 Å². The number of nitrogens with one attached hydrogen (secondary N) is 1. The van der Waals surface area contributed by atoms with Crippen LogP contribution in [-0.4, -0.2) is 43.7 Å². The first-order chi connectivity index (χ1) is 12.0. The predicted octanol–water partition coefficient (Wildman–Crippen LogP) is 2.08. The highest BCUT2D eigenvalue weighted by Gasteiger charge is 2.13. The number of nitrogens with zero attached hydrogens (tertiary/aromatic N) is 4. The monoisotopic (exact) mass is 375 g/mol. The number of carbonyl (C=O) groups excluding carboxylic acids is 2. The number of thiophene rings is 1. The molecule has 0 spiro atoms. The van der Waals surface area contributed by atoms with Gasteiger partial charge in [-0.25, -0.2) is 9.97 Å². The van der Waals surface area contributed by atoms with E-state index in [1.54, 1.807) is 10.9 Å². The summed E-state index contributed by atoms with van der Waals surface area (Å²) < 4.78 is 1.68. The average molecular weight is 375 g/mol. The molecule has 130 valence electrons. The zero-order valence-electron chi connectivity index (χ0n) is 13.9. The zero-order chi connectivity index (χ0) is 17.8. The molecule has 3 heterocycles. The number of hydrogen-bond donors (Lipinski definition) is 1. The fourth-order valence-electron chi connectivity index (χ4n) is 2.28. The van der Waals surface area contributed by atoms with E-state index in [1.165, 1.54) is 36.3 Å². The standard InChI is InChI=1S/C16H17N5O2S2/c1-10(22)17-6-5-11-3-4-14(25-11)13(23)8-24-16-12-7-20-21(2)15(12)18-9-19-16/h3-4,7,9H,5-6,8H2,1-2H3,(H,17,22). The van der Waals surface area contributed by atoms with E-state index in [0.717, 1.165) is 32.2 Å². The highest BCUT2D eigenvalue weighted by atomic mass is 32.2. The molecule has 0 fully saturated rings. The molecule has 0 aliphatic heterocycles. The Morgan fingerprint density at radius 2 is 2.16 bits per heavy atom. The fourth-order valence-corrected chi connectivity index (χ4v) is 4.17. The predicted molar refractivity (Wildman–Crippen MR) is 98.1 cm³/mol. The van der Waals surface area contributed by atoms with Crippen LogP contribution in [0.4, 0.5) is 0 Å². The summed E-state index contributed by atoms with van der Waals surface area (Å²) in [5.74, 6) is 0.333. The van der Waals surface area contributed by atoms with Gasteiger partial charge in [0.1, 0.15) is 11.4 Å². The van der Waals surface area contributed by atoms with Crippen LogP contribution in [0.5, 0.6) is 0 Å². The minimum atomic E-state index is -0.0455. The maximum Gasteiger partial charge on any atom is 0.216 e. The summed E-state index contributed by atoms with van der Waals surface area (Å²) in [5.41, 5.74) is 0.751. The molecule has 0 unspecified atom stereocenters. The molecule has 1 amide bonds. The van der Waals surface area contributed by atoms with Crippen LogP contribution in [0.1, 0.15) is 21.5 Å². The van der Waals surface area contributed by atoms with Crippen molar-refractivity contribution < 1.29 is 9.59 Å². The second-order valence-corrected chi connectivity index (χ2v) is 7.53. The Morgan fingerprint density at radius 3 is 2.96 bits per heavy atom. The molecule has 0 aliphatic rings. The molecule has 1 N–H and O–H groups in total. The summed E-state index contributed by atoms with van der Waals surface area (Å²) in [5, 5.41) is 8.54. The third kappa shape index (κ3) is 4.23. The Balaban J connectivity index is 1.60. The molecule has 0 bridgehead atoms. The van der Waals surface area contributed by atoms with E-state index in [9.17, 15) is 9.59 Å². The quantitative estimate of drug-likeness (QED) is 0.386. The smallest absolute Gasteiger partial charge is 0.216 e. The summed E-state index contributed by atoms with van der Waals surface area (Å²) in [6.07, 6.45) is 3.93. The lowest BCUT2D eigenvalue weighted by molar-refractivity contribution is -0.118. The number of fused-ring (bicyclic) bond motifs is 1. The van der Waals surface area contributed by atoms with Gasteiger partial charge in [0.05, 0.1) is 22.2 Å². The molecule has 0 aromatic carbocycles. The van der Waals surface area contributed by atoms with Crippen LogP contribution < -0.4 is 5.32 Å². The van der Waals surface area contributed by atoms with E-state index < -0.39 is 0 Å². The van der Waals surface area contributed by atoms with Gasteiger partial charge in [0.25, 0.3) is 0 Å². The zero-order valence-corrected chi connectivity index (χ0v) is 15.5. The van der Waals surface area contributed by atoms with Crippen molar-refractivity contribution in [2.45, 2.75) is 18.4 Å². The Morgan fingerprint density at radius 1 is 1.32 bits per heavy atom. The minimum absolute atomic E-state index is 0.0455. The van der Waals surface area contributed by atoms with Crippen molar-refractivity contribution in [2.24, 2.45) is 7.05 Å².